The lowest BCUT2D eigenvalue weighted by Gasteiger charge is -2.14. The summed E-state index contributed by atoms with van der Waals surface area (Å²) in [6, 6.07) is 13.9. The van der Waals surface area contributed by atoms with E-state index in [1.54, 1.807) is 12.1 Å². The molecule has 1 fully saturated rings. The Balaban J connectivity index is 1.90. The molecule has 0 radical (unpaired) electrons. The first-order valence-electron chi connectivity index (χ1n) is 7.14. The number of amides is 1. The molecule has 24 heavy (non-hydrogen) atoms. The third kappa shape index (κ3) is 3.25. The topological polar surface area (TPSA) is 57.6 Å². The fourth-order valence-corrected chi connectivity index (χ4v) is 3.65. The third-order valence-electron chi connectivity index (χ3n) is 3.51. The normalized spacial score (nSPS) is 16.0. The lowest BCUT2D eigenvalue weighted by molar-refractivity contribution is -0.113. The van der Waals surface area contributed by atoms with Gasteiger partial charge in [-0.2, -0.15) is 0 Å². The molecule has 1 heterocycles. The fraction of sp³-hybridized carbons (Fsp3) is 0.0556. The van der Waals surface area contributed by atoms with Crippen LogP contribution in [0.2, 0.25) is 0 Å². The minimum Gasteiger partial charge on any atom is -0.478 e. The zero-order valence-electron chi connectivity index (χ0n) is 12.7. The van der Waals surface area contributed by atoms with Crippen LogP contribution >= 0.6 is 24.0 Å². The Morgan fingerprint density at radius 2 is 1.92 bits per heavy atom. The molecule has 3 rings (SSSR count). The quantitative estimate of drug-likeness (QED) is 0.663. The number of aromatic carboxylic acids is 1. The predicted molar refractivity (Wildman–Crippen MR) is 100 cm³/mol. The van der Waals surface area contributed by atoms with Crippen molar-refractivity contribution in [3.8, 4) is 0 Å². The van der Waals surface area contributed by atoms with Gasteiger partial charge in [0, 0.05) is 0 Å². The predicted octanol–water partition coefficient (Wildman–Crippen LogP) is 4.10. The number of carboxylic acid groups (broad SMARTS) is 1. The number of benzene rings is 2. The number of aryl methyl sites for hydroxylation is 1. The van der Waals surface area contributed by atoms with Crippen molar-refractivity contribution >= 4 is 51.9 Å². The molecule has 0 bridgehead atoms. The maximum Gasteiger partial charge on any atom is 0.335 e. The van der Waals surface area contributed by atoms with Crippen LogP contribution in [0.3, 0.4) is 0 Å². The van der Waals surface area contributed by atoms with Crippen LogP contribution in [0.4, 0.5) is 5.69 Å². The van der Waals surface area contributed by atoms with Gasteiger partial charge in [-0.3, -0.25) is 9.69 Å². The number of carbonyl (C=O) groups is 2. The molecule has 6 heteroatoms. The van der Waals surface area contributed by atoms with E-state index in [0.717, 1.165) is 11.1 Å². The van der Waals surface area contributed by atoms with E-state index < -0.39 is 5.97 Å². The maximum absolute atomic E-state index is 12.7. The zero-order chi connectivity index (χ0) is 17.3. The van der Waals surface area contributed by atoms with Gasteiger partial charge in [-0.05, 0) is 42.8 Å². The van der Waals surface area contributed by atoms with E-state index in [-0.39, 0.29) is 11.5 Å². The number of carboxylic acids is 1. The van der Waals surface area contributed by atoms with Crippen LogP contribution in [0.25, 0.3) is 6.08 Å². The van der Waals surface area contributed by atoms with Crippen molar-refractivity contribution in [2.75, 3.05) is 4.90 Å². The molecule has 0 spiro atoms. The number of carbonyl (C=O) groups excluding carboxylic acids is 1. The van der Waals surface area contributed by atoms with Crippen LogP contribution in [0.15, 0.2) is 53.4 Å². The van der Waals surface area contributed by atoms with Gasteiger partial charge in [0.2, 0.25) is 0 Å². The molecule has 1 aliphatic rings. The Morgan fingerprint density at radius 1 is 1.21 bits per heavy atom. The Labute approximate surface area is 148 Å². The van der Waals surface area contributed by atoms with Crippen LogP contribution in [0.5, 0.6) is 0 Å². The zero-order valence-corrected chi connectivity index (χ0v) is 14.4. The summed E-state index contributed by atoms with van der Waals surface area (Å²) < 4.78 is 0.432. The minimum atomic E-state index is -1.01. The number of thioether (sulfide) groups is 1. The molecule has 1 amide bonds. The summed E-state index contributed by atoms with van der Waals surface area (Å²) in [7, 11) is 0. The number of anilines is 1. The monoisotopic (exact) mass is 355 g/mol. The third-order valence-corrected chi connectivity index (χ3v) is 4.81. The summed E-state index contributed by atoms with van der Waals surface area (Å²) in [5.74, 6) is -1.21. The van der Waals surface area contributed by atoms with Crippen molar-refractivity contribution in [3.63, 3.8) is 0 Å². The van der Waals surface area contributed by atoms with E-state index in [2.05, 4.69) is 0 Å². The Morgan fingerprint density at radius 3 is 2.54 bits per heavy atom. The first-order valence-corrected chi connectivity index (χ1v) is 8.36. The smallest absolute Gasteiger partial charge is 0.335 e. The molecule has 0 aromatic heterocycles. The standard InChI is InChI=1S/C18H13NO3S2/c1-11-3-2-4-12(9-11)10-15-16(20)19(18(23)24-15)14-7-5-13(6-8-14)17(21)22/h2-10H,1H3,(H,21,22). The number of nitrogens with zero attached hydrogens (tertiary/aromatic N) is 1. The molecule has 4 nitrogen and oxygen atoms in total. The molecule has 120 valence electrons. The van der Waals surface area contributed by atoms with E-state index in [4.69, 9.17) is 17.3 Å². The second kappa shape index (κ2) is 6.59. The van der Waals surface area contributed by atoms with Gasteiger partial charge in [0.05, 0.1) is 16.2 Å². The second-order valence-corrected chi connectivity index (χ2v) is 6.96. The number of rotatable bonds is 3. The van der Waals surface area contributed by atoms with Gasteiger partial charge in [0.1, 0.15) is 0 Å². The molecule has 1 N–H and O–H groups in total. The lowest BCUT2D eigenvalue weighted by Crippen LogP contribution is -2.27. The van der Waals surface area contributed by atoms with Gasteiger partial charge >= 0.3 is 5.97 Å². The largest absolute Gasteiger partial charge is 0.478 e. The number of hydrogen-bond acceptors (Lipinski definition) is 4. The minimum absolute atomic E-state index is 0.166. The molecule has 0 unspecified atom stereocenters. The van der Waals surface area contributed by atoms with Crippen molar-refractivity contribution < 1.29 is 14.7 Å². The van der Waals surface area contributed by atoms with Gasteiger partial charge in [-0.1, -0.05) is 53.8 Å². The van der Waals surface area contributed by atoms with E-state index in [1.807, 2.05) is 37.3 Å². The summed E-state index contributed by atoms with van der Waals surface area (Å²) in [5.41, 5.74) is 2.79. The number of thiocarbonyl (C=S) groups is 1. The molecule has 0 saturated carbocycles. The van der Waals surface area contributed by atoms with Crippen molar-refractivity contribution in [1.82, 2.24) is 0 Å². The van der Waals surface area contributed by atoms with Crippen LogP contribution in [-0.2, 0) is 4.79 Å². The van der Waals surface area contributed by atoms with Crippen molar-refractivity contribution in [2.24, 2.45) is 0 Å². The van der Waals surface area contributed by atoms with Crippen LogP contribution in [-0.4, -0.2) is 21.3 Å². The maximum atomic E-state index is 12.7. The summed E-state index contributed by atoms with van der Waals surface area (Å²) in [4.78, 5) is 25.6. The summed E-state index contributed by atoms with van der Waals surface area (Å²) in [5, 5.41) is 8.95. The molecular formula is C18H13NO3S2. The molecule has 1 aliphatic heterocycles. The highest BCUT2D eigenvalue weighted by Crippen LogP contribution is 2.36. The number of hydrogen-bond donors (Lipinski definition) is 1. The highest BCUT2D eigenvalue weighted by atomic mass is 32.2. The van der Waals surface area contributed by atoms with Crippen LogP contribution in [0.1, 0.15) is 21.5 Å². The van der Waals surface area contributed by atoms with E-state index in [1.165, 1.54) is 28.8 Å². The first kappa shape index (κ1) is 16.4. The average molecular weight is 355 g/mol. The highest BCUT2D eigenvalue weighted by Gasteiger charge is 2.33. The average Bonchev–Trinajstić information content (AvgIpc) is 2.81. The van der Waals surface area contributed by atoms with Crippen molar-refractivity contribution in [3.05, 3.63) is 70.1 Å². The lowest BCUT2D eigenvalue weighted by atomic mass is 10.1. The summed E-state index contributed by atoms with van der Waals surface area (Å²) in [6.45, 7) is 1.99. The molecule has 2 aromatic rings. The Kier molecular flexibility index (Phi) is 4.51. The summed E-state index contributed by atoms with van der Waals surface area (Å²) in [6.07, 6.45) is 1.82. The highest BCUT2D eigenvalue weighted by molar-refractivity contribution is 8.27. The van der Waals surface area contributed by atoms with Crippen LogP contribution < -0.4 is 4.90 Å². The Bertz CT molecular complexity index is 872. The molecular weight excluding hydrogens is 342 g/mol. The second-order valence-electron chi connectivity index (χ2n) is 5.28. The van der Waals surface area contributed by atoms with Gasteiger partial charge < -0.3 is 5.11 Å². The van der Waals surface area contributed by atoms with Gasteiger partial charge in [0.15, 0.2) is 4.32 Å². The van der Waals surface area contributed by atoms with Crippen molar-refractivity contribution in [2.45, 2.75) is 6.92 Å². The van der Waals surface area contributed by atoms with E-state index >= 15 is 0 Å². The van der Waals surface area contributed by atoms with Crippen LogP contribution in [0, 0.1) is 6.92 Å². The van der Waals surface area contributed by atoms with E-state index in [9.17, 15) is 9.59 Å². The molecule has 0 atom stereocenters. The van der Waals surface area contributed by atoms with Gasteiger partial charge in [-0.25, -0.2) is 4.79 Å². The molecule has 2 aromatic carbocycles. The van der Waals surface area contributed by atoms with Crippen molar-refractivity contribution in [1.29, 1.82) is 0 Å². The molecule has 0 aliphatic carbocycles. The molecule has 1 saturated heterocycles. The SMILES string of the molecule is Cc1cccc(C=C2SC(=S)N(c3ccc(C(=O)O)cc3)C2=O)c1. The first-order chi connectivity index (χ1) is 11.5. The summed E-state index contributed by atoms with van der Waals surface area (Å²) >= 11 is 6.55. The van der Waals surface area contributed by atoms with Gasteiger partial charge in [0.25, 0.3) is 5.91 Å². The van der Waals surface area contributed by atoms with E-state index in [0.29, 0.717) is 14.9 Å². The Hall–Kier alpha value is -2.44. The fourth-order valence-electron chi connectivity index (χ4n) is 2.35. The van der Waals surface area contributed by atoms with Gasteiger partial charge in [-0.15, -0.1) is 0 Å².